The van der Waals surface area contributed by atoms with Crippen LogP contribution in [0, 0.1) is 11.6 Å². The highest BCUT2D eigenvalue weighted by Crippen LogP contribution is 2.39. The molecule has 0 atom stereocenters. The van der Waals surface area contributed by atoms with Crippen LogP contribution in [0.3, 0.4) is 0 Å². The van der Waals surface area contributed by atoms with Crippen LogP contribution in [-0.2, 0) is 6.42 Å². The van der Waals surface area contributed by atoms with Crippen molar-refractivity contribution < 1.29 is 17.9 Å². The lowest BCUT2D eigenvalue weighted by Gasteiger charge is -2.34. The van der Waals surface area contributed by atoms with Crippen molar-refractivity contribution in [1.82, 2.24) is 19.9 Å². The fourth-order valence-corrected chi connectivity index (χ4v) is 5.10. The third-order valence-corrected chi connectivity index (χ3v) is 7.20. The van der Waals surface area contributed by atoms with E-state index in [4.69, 9.17) is 9.15 Å². The van der Waals surface area contributed by atoms with Crippen LogP contribution >= 0.6 is 0 Å². The van der Waals surface area contributed by atoms with E-state index in [1.54, 1.807) is 6.07 Å². The number of likely N-dealkylation sites (N-methyl/N-ethyl adjacent to an activating group) is 1. The lowest BCUT2D eigenvalue weighted by molar-refractivity contribution is 0.287. The van der Waals surface area contributed by atoms with Crippen molar-refractivity contribution in [3.63, 3.8) is 0 Å². The fraction of sp³-hybridized carbons (Fsp3) is 0.393. The van der Waals surface area contributed by atoms with Gasteiger partial charge in [-0.15, -0.1) is 0 Å². The fourth-order valence-electron chi connectivity index (χ4n) is 5.10. The van der Waals surface area contributed by atoms with Crippen LogP contribution in [0.15, 0.2) is 40.9 Å². The Hall–Kier alpha value is -3.79. The molecule has 198 valence electrons. The topological polar surface area (TPSA) is 70.8 Å². The molecule has 0 bridgehead atoms. The summed E-state index contributed by atoms with van der Waals surface area (Å²) in [5, 5.41) is 0. The first-order chi connectivity index (χ1) is 18.4. The van der Waals surface area contributed by atoms with E-state index in [1.165, 1.54) is 6.07 Å². The van der Waals surface area contributed by atoms with E-state index in [1.807, 2.05) is 36.9 Å². The van der Waals surface area contributed by atoms with Gasteiger partial charge in [-0.1, -0.05) is 0 Å². The van der Waals surface area contributed by atoms with Gasteiger partial charge in [0.05, 0.1) is 24.8 Å². The Labute approximate surface area is 219 Å². The summed E-state index contributed by atoms with van der Waals surface area (Å²) >= 11 is 0. The van der Waals surface area contributed by atoms with Gasteiger partial charge in [-0.05, 0) is 51.2 Å². The molecule has 2 aliphatic heterocycles. The van der Waals surface area contributed by atoms with Crippen molar-refractivity contribution in [1.29, 1.82) is 0 Å². The van der Waals surface area contributed by atoms with Crippen molar-refractivity contribution in [2.45, 2.75) is 26.3 Å². The van der Waals surface area contributed by atoms with Crippen molar-refractivity contribution in [3.8, 4) is 17.0 Å². The molecule has 6 rings (SSSR count). The van der Waals surface area contributed by atoms with Crippen molar-refractivity contribution in [3.05, 3.63) is 59.9 Å². The van der Waals surface area contributed by atoms with Crippen molar-refractivity contribution in [2.75, 3.05) is 56.2 Å². The summed E-state index contributed by atoms with van der Waals surface area (Å²) in [7, 11) is 2.13. The Bertz CT molecular complexity index is 1480. The van der Waals surface area contributed by atoms with Crippen LogP contribution < -0.4 is 14.5 Å². The van der Waals surface area contributed by atoms with E-state index in [9.17, 15) is 8.78 Å². The van der Waals surface area contributed by atoms with Gasteiger partial charge in [0.15, 0.2) is 23.0 Å². The summed E-state index contributed by atoms with van der Waals surface area (Å²) in [6.45, 7) is 9.03. The summed E-state index contributed by atoms with van der Waals surface area (Å²) in [6, 6.07) is 9.12. The Morgan fingerprint density at radius 2 is 1.79 bits per heavy atom. The van der Waals surface area contributed by atoms with E-state index < -0.39 is 11.6 Å². The molecule has 4 aromatic rings. The maximum Gasteiger partial charge on any atom is 0.203 e. The van der Waals surface area contributed by atoms with Crippen LogP contribution in [0.5, 0.6) is 5.75 Å². The third-order valence-electron chi connectivity index (χ3n) is 7.20. The molecule has 0 aliphatic carbocycles. The Morgan fingerprint density at radius 1 is 0.974 bits per heavy atom. The Balaban J connectivity index is 1.28. The van der Waals surface area contributed by atoms with Gasteiger partial charge in [0.25, 0.3) is 0 Å². The predicted molar refractivity (Wildman–Crippen MR) is 142 cm³/mol. The molecule has 0 unspecified atom stereocenters. The number of anilines is 2. The number of piperazine rings is 1. The molecule has 0 radical (unpaired) electrons. The van der Waals surface area contributed by atoms with Gasteiger partial charge in [0.1, 0.15) is 23.6 Å². The smallest absolute Gasteiger partial charge is 0.203 e. The van der Waals surface area contributed by atoms with Crippen LogP contribution in [-0.4, -0.2) is 72.3 Å². The molecule has 38 heavy (non-hydrogen) atoms. The highest BCUT2D eigenvalue weighted by molar-refractivity contribution is 5.78. The zero-order chi connectivity index (χ0) is 26.4. The molecule has 10 heteroatoms. The summed E-state index contributed by atoms with van der Waals surface area (Å²) in [4.78, 5) is 19.9. The normalized spacial score (nSPS) is 16.3. The standard InChI is InChI=1S/C28H30F2N6O2/c1-17(2)36-10-11-37-28-20(29)12-18(13-23(28)36)27-21(30)16-31-25(33-27)15-26-32-22-14-19(4-5-24(22)38-26)35-8-6-34(3)7-9-35/h4-5,12-14,16-17H,6-11,15H2,1-3H3. The lowest BCUT2D eigenvalue weighted by Crippen LogP contribution is -2.44. The van der Waals surface area contributed by atoms with E-state index in [-0.39, 0.29) is 23.9 Å². The Morgan fingerprint density at radius 3 is 2.58 bits per heavy atom. The average Bonchev–Trinajstić information content (AvgIpc) is 3.31. The van der Waals surface area contributed by atoms with E-state index in [0.29, 0.717) is 41.7 Å². The minimum absolute atomic E-state index is 0.0273. The van der Waals surface area contributed by atoms with Gasteiger partial charge in [0, 0.05) is 43.5 Å². The minimum Gasteiger partial charge on any atom is -0.486 e. The van der Waals surface area contributed by atoms with Gasteiger partial charge in [0.2, 0.25) is 5.89 Å². The first-order valence-electron chi connectivity index (χ1n) is 12.9. The molecule has 2 aromatic carbocycles. The average molecular weight is 521 g/mol. The number of hydrogen-bond donors (Lipinski definition) is 0. The number of hydrogen-bond acceptors (Lipinski definition) is 8. The summed E-state index contributed by atoms with van der Waals surface area (Å²) in [6.07, 6.45) is 1.29. The number of ether oxygens (including phenoxy) is 1. The molecular formula is C28H30F2N6O2. The highest BCUT2D eigenvalue weighted by atomic mass is 19.1. The van der Waals surface area contributed by atoms with Gasteiger partial charge in [-0.2, -0.15) is 0 Å². The largest absolute Gasteiger partial charge is 0.486 e. The second-order valence-electron chi connectivity index (χ2n) is 10.2. The number of rotatable bonds is 5. The summed E-state index contributed by atoms with van der Waals surface area (Å²) in [5.74, 6) is -0.218. The SMILES string of the molecule is CC(C)N1CCOc2c(F)cc(-c3nc(Cc4nc5cc(N6CCN(C)CC6)ccc5o4)ncc3F)cc21. The molecule has 0 spiro atoms. The number of aromatic nitrogens is 3. The second-order valence-corrected chi connectivity index (χ2v) is 10.2. The third kappa shape index (κ3) is 4.64. The van der Waals surface area contributed by atoms with Gasteiger partial charge >= 0.3 is 0 Å². The van der Waals surface area contributed by atoms with Gasteiger partial charge < -0.3 is 23.9 Å². The molecule has 1 fully saturated rings. The molecular weight excluding hydrogens is 490 g/mol. The first-order valence-corrected chi connectivity index (χ1v) is 12.9. The van der Waals surface area contributed by atoms with Crippen molar-refractivity contribution in [2.24, 2.45) is 0 Å². The Kier molecular flexibility index (Phi) is 6.35. The maximum atomic E-state index is 15.0. The molecule has 4 heterocycles. The molecule has 2 aliphatic rings. The second kappa shape index (κ2) is 9.83. The monoisotopic (exact) mass is 520 g/mol. The van der Waals surface area contributed by atoms with E-state index >= 15 is 0 Å². The quantitative estimate of drug-likeness (QED) is 0.381. The predicted octanol–water partition coefficient (Wildman–Crippen LogP) is 4.51. The number of fused-ring (bicyclic) bond motifs is 2. The zero-order valence-electron chi connectivity index (χ0n) is 21.7. The molecule has 0 saturated carbocycles. The first kappa shape index (κ1) is 24.5. The zero-order valence-corrected chi connectivity index (χ0v) is 21.7. The number of benzene rings is 2. The summed E-state index contributed by atoms with van der Waals surface area (Å²) < 4.78 is 41.4. The molecule has 0 amide bonds. The van der Waals surface area contributed by atoms with Gasteiger partial charge in [-0.25, -0.2) is 23.7 Å². The van der Waals surface area contributed by atoms with Crippen LogP contribution in [0.2, 0.25) is 0 Å². The van der Waals surface area contributed by atoms with Crippen molar-refractivity contribution >= 4 is 22.5 Å². The van der Waals surface area contributed by atoms with E-state index in [0.717, 1.165) is 43.6 Å². The molecule has 8 nitrogen and oxygen atoms in total. The summed E-state index contributed by atoms with van der Waals surface area (Å²) in [5.41, 5.74) is 3.48. The van der Waals surface area contributed by atoms with Crippen LogP contribution in [0.1, 0.15) is 25.6 Å². The van der Waals surface area contributed by atoms with Crippen LogP contribution in [0.25, 0.3) is 22.4 Å². The highest BCUT2D eigenvalue weighted by Gasteiger charge is 2.26. The number of nitrogens with zero attached hydrogens (tertiary/aromatic N) is 6. The molecule has 2 aromatic heterocycles. The lowest BCUT2D eigenvalue weighted by atomic mass is 10.1. The minimum atomic E-state index is -0.629. The number of oxazole rings is 1. The number of halogens is 2. The molecule has 0 N–H and O–H groups in total. The van der Waals surface area contributed by atoms with Gasteiger partial charge in [-0.3, -0.25) is 0 Å². The molecule has 1 saturated heterocycles. The van der Waals surface area contributed by atoms with Crippen LogP contribution in [0.4, 0.5) is 20.2 Å². The van der Waals surface area contributed by atoms with E-state index in [2.05, 4.69) is 31.8 Å². The maximum absolute atomic E-state index is 15.0.